The molecule has 0 nitrogen and oxygen atoms in total. The molecule has 0 aliphatic rings. The van der Waals surface area contributed by atoms with Gasteiger partial charge in [-0.2, -0.15) is 0 Å². The topological polar surface area (TPSA) is 0 Å². The minimum absolute atomic E-state index is 1.27. The minimum atomic E-state index is 1.27. The van der Waals surface area contributed by atoms with Crippen LogP contribution in [0.3, 0.4) is 0 Å². The Morgan fingerprint density at radius 2 is 1.50 bits per heavy atom. The maximum Gasteiger partial charge on any atom is -0.0109 e. The normalized spacial score (nSPS) is 10.9. The third kappa shape index (κ3) is 2.35. The molecule has 0 unspecified atom stereocenters. The summed E-state index contributed by atoms with van der Waals surface area (Å²) in [6.07, 6.45) is 2.14. The average Bonchev–Trinajstić information content (AvgIpc) is 2.31. The highest BCUT2D eigenvalue weighted by molar-refractivity contribution is 14.1. The maximum absolute atomic E-state index is 2.26. The fraction of sp³-hybridized carbons (Fsp3) is 0.0667. The highest BCUT2D eigenvalue weighted by atomic mass is 127. The summed E-state index contributed by atoms with van der Waals surface area (Å²) in [5.41, 5.74) is 5.20. The SMILES string of the molecule is Cc1ccccc1-c1ccccc1/C=C/I. The van der Waals surface area contributed by atoms with Crippen LogP contribution in [0.25, 0.3) is 17.2 Å². The molecule has 16 heavy (non-hydrogen) atoms. The number of hydrogen-bond acceptors (Lipinski definition) is 0. The van der Waals surface area contributed by atoms with Gasteiger partial charge in [-0.3, -0.25) is 0 Å². The summed E-state index contributed by atoms with van der Waals surface area (Å²) in [6, 6.07) is 17.0. The summed E-state index contributed by atoms with van der Waals surface area (Å²) in [6.45, 7) is 2.15. The lowest BCUT2D eigenvalue weighted by Gasteiger charge is -2.08. The molecule has 0 heterocycles. The Morgan fingerprint density at radius 1 is 0.875 bits per heavy atom. The molecule has 0 aromatic heterocycles. The van der Waals surface area contributed by atoms with Crippen molar-refractivity contribution in [2.24, 2.45) is 0 Å². The lowest BCUT2D eigenvalue weighted by molar-refractivity contribution is 1.45. The van der Waals surface area contributed by atoms with Gasteiger partial charge in [0, 0.05) is 0 Å². The van der Waals surface area contributed by atoms with E-state index in [1.807, 2.05) is 0 Å². The van der Waals surface area contributed by atoms with E-state index in [4.69, 9.17) is 0 Å². The second-order valence-corrected chi connectivity index (χ2v) is 4.41. The van der Waals surface area contributed by atoms with Gasteiger partial charge < -0.3 is 0 Å². The van der Waals surface area contributed by atoms with Crippen LogP contribution in [0.5, 0.6) is 0 Å². The molecule has 2 aromatic carbocycles. The molecule has 2 rings (SSSR count). The Hall–Kier alpha value is -1.09. The van der Waals surface area contributed by atoms with Crippen LogP contribution in [0, 0.1) is 6.92 Å². The lowest BCUT2D eigenvalue weighted by atomic mass is 9.96. The quantitative estimate of drug-likeness (QED) is 0.678. The first-order valence-electron chi connectivity index (χ1n) is 5.24. The van der Waals surface area contributed by atoms with Gasteiger partial charge in [-0.1, -0.05) is 71.1 Å². The van der Waals surface area contributed by atoms with Crippen LogP contribution in [0.1, 0.15) is 11.1 Å². The van der Waals surface area contributed by atoms with Crippen molar-refractivity contribution in [2.75, 3.05) is 0 Å². The molecule has 0 saturated heterocycles. The molecule has 1 heteroatoms. The highest BCUT2D eigenvalue weighted by Crippen LogP contribution is 2.27. The molecule has 80 valence electrons. The summed E-state index contributed by atoms with van der Waals surface area (Å²) in [4.78, 5) is 0. The van der Waals surface area contributed by atoms with E-state index in [-0.39, 0.29) is 0 Å². The summed E-state index contributed by atoms with van der Waals surface area (Å²) in [7, 11) is 0. The van der Waals surface area contributed by atoms with E-state index in [9.17, 15) is 0 Å². The largest absolute Gasteiger partial charge is 0.0620 e. The van der Waals surface area contributed by atoms with E-state index in [1.54, 1.807) is 0 Å². The Bertz CT molecular complexity index is 512. The van der Waals surface area contributed by atoms with Gasteiger partial charge in [0.2, 0.25) is 0 Å². The second-order valence-electron chi connectivity index (χ2n) is 3.69. The zero-order valence-electron chi connectivity index (χ0n) is 9.15. The number of rotatable bonds is 2. The Kier molecular flexibility index (Phi) is 3.78. The Balaban J connectivity index is 2.60. The van der Waals surface area contributed by atoms with E-state index in [0.29, 0.717) is 0 Å². The van der Waals surface area contributed by atoms with Crippen molar-refractivity contribution in [3.8, 4) is 11.1 Å². The fourth-order valence-electron chi connectivity index (χ4n) is 1.83. The van der Waals surface area contributed by atoms with Crippen molar-refractivity contribution in [1.29, 1.82) is 0 Å². The summed E-state index contributed by atoms with van der Waals surface area (Å²) in [5.74, 6) is 0. The van der Waals surface area contributed by atoms with Crippen LogP contribution in [0.15, 0.2) is 52.6 Å². The van der Waals surface area contributed by atoms with Crippen LogP contribution in [0.4, 0.5) is 0 Å². The van der Waals surface area contributed by atoms with Crippen LogP contribution in [0.2, 0.25) is 0 Å². The third-order valence-corrected chi connectivity index (χ3v) is 3.00. The molecule has 0 aliphatic heterocycles. The van der Waals surface area contributed by atoms with E-state index >= 15 is 0 Å². The molecule has 0 amide bonds. The molecule has 0 radical (unpaired) electrons. The summed E-state index contributed by atoms with van der Waals surface area (Å²) < 4.78 is 2.05. The van der Waals surface area contributed by atoms with Gasteiger partial charge in [-0.25, -0.2) is 0 Å². The van der Waals surface area contributed by atoms with Crippen molar-refractivity contribution >= 4 is 28.7 Å². The molecule has 2 aromatic rings. The molecule has 0 fully saturated rings. The lowest BCUT2D eigenvalue weighted by Crippen LogP contribution is -1.85. The number of hydrogen-bond donors (Lipinski definition) is 0. The zero-order chi connectivity index (χ0) is 11.4. The van der Waals surface area contributed by atoms with E-state index in [1.165, 1.54) is 22.3 Å². The van der Waals surface area contributed by atoms with Crippen LogP contribution >= 0.6 is 22.6 Å². The van der Waals surface area contributed by atoms with E-state index in [0.717, 1.165) is 0 Å². The molecular weight excluding hydrogens is 307 g/mol. The monoisotopic (exact) mass is 320 g/mol. The molecule has 0 aliphatic carbocycles. The van der Waals surface area contributed by atoms with Crippen molar-refractivity contribution < 1.29 is 0 Å². The molecule has 0 bridgehead atoms. The Morgan fingerprint density at radius 3 is 2.19 bits per heavy atom. The van der Waals surface area contributed by atoms with Gasteiger partial charge in [0.15, 0.2) is 0 Å². The van der Waals surface area contributed by atoms with Gasteiger partial charge in [-0.15, -0.1) is 0 Å². The summed E-state index contributed by atoms with van der Waals surface area (Å²) in [5, 5.41) is 0. The number of aryl methyl sites for hydroxylation is 1. The predicted octanol–water partition coefficient (Wildman–Crippen LogP) is 5.07. The van der Waals surface area contributed by atoms with Crippen molar-refractivity contribution in [2.45, 2.75) is 6.92 Å². The minimum Gasteiger partial charge on any atom is -0.0620 e. The van der Waals surface area contributed by atoms with Crippen LogP contribution in [-0.2, 0) is 0 Å². The van der Waals surface area contributed by atoms with Crippen molar-refractivity contribution in [3.63, 3.8) is 0 Å². The van der Waals surface area contributed by atoms with Gasteiger partial charge in [-0.05, 0) is 39.3 Å². The van der Waals surface area contributed by atoms with E-state index in [2.05, 4.69) is 88.2 Å². The summed E-state index contributed by atoms with van der Waals surface area (Å²) >= 11 is 2.26. The van der Waals surface area contributed by atoms with Crippen molar-refractivity contribution in [3.05, 3.63) is 63.7 Å². The van der Waals surface area contributed by atoms with Crippen LogP contribution in [-0.4, -0.2) is 0 Å². The first kappa shape index (κ1) is 11.4. The van der Waals surface area contributed by atoms with Gasteiger partial charge >= 0.3 is 0 Å². The molecule has 0 saturated carbocycles. The molecular formula is C15H13I. The van der Waals surface area contributed by atoms with Gasteiger partial charge in [0.1, 0.15) is 0 Å². The first-order chi connectivity index (χ1) is 7.83. The molecule has 0 atom stereocenters. The molecule has 0 N–H and O–H groups in total. The standard InChI is InChI=1S/C15H13I/c1-12-6-2-4-8-14(12)15-9-5-3-7-13(15)10-11-16/h2-11H,1H3/b11-10+. The fourth-order valence-corrected chi connectivity index (χ4v) is 2.22. The highest BCUT2D eigenvalue weighted by Gasteiger charge is 2.03. The maximum atomic E-state index is 2.26. The van der Waals surface area contributed by atoms with Crippen LogP contribution < -0.4 is 0 Å². The van der Waals surface area contributed by atoms with E-state index < -0.39 is 0 Å². The Labute approximate surface area is 110 Å². The molecule has 0 spiro atoms. The van der Waals surface area contributed by atoms with Crippen molar-refractivity contribution in [1.82, 2.24) is 0 Å². The zero-order valence-corrected chi connectivity index (χ0v) is 11.3. The second kappa shape index (κ2) is 5.30. The average molecular weight is 320 g/mol. The van der Waals surface area contributed by atoms with Gasteiger partial charge in [0.25, 0.3) is 0 Å². The first-order valence-corrected chi connectivity index (χ1v) is 6.49. The van der Waals surface area contributed by atoms with Gasteiger partial charge in [0.05, 0.1) is 0 Å². The smallest absolute Gasteiger partial charge is 0.0109 e. The number of halogens is 1. The third-order valence-electron chi connectivity index (χ3n) is 2.64. The predicted molar refractivity (Wildman–Crippen MR) is 79.7 cm³/mol. The number of benzene rings is 2.